The normalized spacial score (nSPS) is 12.6. The van der Waals surface area contributed by atoms with Crippen molar-refractivity contribution in [3.05, 3.63) is 66.8 Å². The molecule has 1 atom stereocenters. The summed E-state index contributed by atoms with van der Waals surface area (Å²) in [5.41, 5.74) is 8.37. The number of rotatable bonds is 2. The second-order valence-corrected chi connectivity index (χ2v) is 6.62. The Hall–Kier alpha value is -0.870. The number of benzene rings is 2. The third kappa shape index (κ3) is 2.51. The van der Waals surface area contributed by atoms with Crippen molar-refractivity contribution in [1.82, 2.24) is 0 Å². The Balaban J connectivity index is 2.68. The van der Waals surface area contributed by atoms with Crippen molar-refractivity contribution >= 4 is 22.6 Å². The van der Waals surface area contributed by atoms with Crippen LogP contribution >= 0.6 is 22.6 Å². The molecule has 2 aromatic rings. The van der Waals surface area contributed by atoms with Gasteiger partial charge in [0.25, 0.3) is 0 Å². The zero-order chi connectivity index (χ0) is 15.0. The monoisotopic (exact) mass is 380 g/mol. The van der Waals surface area contributed by atoms with Crippen LogP contribution in [0.25, 0.3) is 0 Å². The Morgan fingerprint density at radius 1 is 0.800 bits per heavy atom. The molecule has 2 aromatic carbocycles. The molecule has 2 rings (SSSR count). The van der Waals surface area contributed by atoms with Gasteiger partial charge in [-0.05, 0) is 102 Å². The largest absolute Gasteiger partial charge is 0.384 e. The highest BCUT2D eigenvalue weighted by Gasteiger charge is 2.21. The van der Waals surface area contributed by atoms with Crippen LogP contribution in [0.15, 0.2) is 24.3 Å². The van der Waals surface area contributed by atoms with Crippen molar-refractivity contribution in [2.24, 2.45) is 0 Å². The van der Waals surface area contributed by atoms with E-state index in [0.29, 0.717) is 0 Å². The predicted molar refractivity (Wildman–Crippen MR) is 93.3 cm³/mol. The van der Waals surface area contributed by atoms with Gasteiger partial charge in [-0.2, -0.15) is 0 Å². The molecule has 1 N–H and O–H groups in total. The summed E-state index contributed by atoms with van der Waals surface area (Å²) >= 11 is 2.29. The quantitative estimate of drug-likeness (QED) is 0.734. The molecule has 0 saturated carbocycles. The van der Waals surface area contributed by atoms with Crippen LogP contribution in [0.4, 0.5) is 0 Å². The van der Waals surface area contributed by atoms with Gasteiger partial charge in [0.1, 0.15) is 6.10 Å². The van der Waals surface area contributed by atoms with E-state index in [1.54, 1.807) is 0 Å². The van der Waals surface area contributed by atoms with Crippen LogP contribution in [-0.4, -0.2) is 5.11 Å². The molecule has 0 radical (unpaired) electrons. The summed E-state index contributed by atoms with van der Waals surface area (Å²) in [5.74, 6) is 0. The molecule has 0 saturated heterocycles. The molecule has 0 heterocycles. The summed E-state index contributed by atoms with van der Waals surface area (Å²) in [6, 6.07) is 8.04. The second kappa shape index (κ2) is 5.86. The van der Waals surface area contributed by atoms with Crippen LogP contribution in [0.5, 0.6) is 0 Å². The fourth-order valence-electron chi connectivity index (χ4n) is 2.79. The Morgan fingerprint density at radius 2 is 1.25 bits per heavy atom. The molecule has 0 aliphatic carbocycles. The lowest BCUT2D eigenvalue weighted by molar-refractivity contribution is 0.217. The first-order chi connectivity index (χ1) is 9.36. The van der Waals surface area contributed by atoms with Gasteiger partial charge in [0, 0.05) is 3.57 Å². The lowest BCUT2D eigenvalue weighted by Crippen LogP contribution is -2.10. The van der Waals surface area contributed by atoms with Crippen molar-refractivity contribution in [2.45, 2.75) is 40.7 Å². The van der Waals surface area contributed by atoms with E-state index >= 15 is 0 Å². The minimum Gasteiger partial charge on any atom is -0.384 e. The first kappa shape index (κ1) is 15.5. The predicted octanol–water partition coefficient (Wildman–Crippen LogP) is 4.92. The number of aliphatic hydroxyl groups is 1. The van der Waals surface area contributed by atoms with Gasteiger partial charge in [0.2, 0.25) is 0 Å². The van der Waals surface area contributed by atoms with E-state index in [1.165, 1.54) is 27.8 Å². The maximum absolute atomic E-state index is 10.9. The average molecular weight is 380 g/mol. The highest BCUT2D eigenvalue weighted by atomic mass is 127. The minimum atomic E-state index is -0.555. The maximum Gasteiger partial charge on any atom is 0.106 e. The van der Waals surface area contributed by atoms with E-state index in [2.05, 4.69) is 57.2 Å². The van der Waals surface area contributed by atoms with Gasteiger partial charge < -0.3 is 5.11 Å². The lowest BCUT2D eigenvalue weighted by atomic mass is 9.85. The fourth-order valence-corrected chi connectivity index (χ4v) is 3.47. The molecule has 0 aromatic heterocycles. The van der Waals surface area contributed by atoms with Gasteiger partial charge in [0.15, 0.2) is 0 Å². The zero-order valence-corrected chi connectivity index (χ0v) is 14.9. The topological polar surface area (TPSA) is 20.2 Å². The van der Waals surface area contributed by atoms with Gasteiger partial charge in [-0.3, -0.25) is 0 Å². The van der Waals surface area contributed by atoms with Crippen LogP contribution in [-0.2, 0) is 0 Å². The molecular formula is C18H21IO. The lowest BCUT2D eigenvalue weighted by Gasteiger charge is -2.23. The summed E-state index contributed by atoms with van der Waals surface area (Å²) in [5, 5.41) is 10.9. The molecule has 106 valence electrons. The Kier molecular flexibility index (Phi) is 4.55. The molecular weight excluding hydrogens is 359 g/mol. The fraction of sp³-hybridized carbons (Fsp3) is 0.333. The van der Waals surface area contributed by atoms with Crippen molar-refractivity contribution in [3.63, 3.8) is 0 Å². The van der Waals surface area contributed by atoms with E-state index in [-0.39, 0.29) is 0 Å². The third-order valence-electron chi connectivity index (χ3n) is 4.53. The Bertz CT molecular complexity index is 630. The smallest absolute Gasteiger partial charge is 0.106 e. The van der Waals surface area contributed by atoms with Gasteiger partial charge in [-0.1, -0.05) is 18.2 Å². The number of halogens is 1. The molecule has 1 nitrogen and oxygen atoms in total. The first-order valence-electron chi connectivity index (χ1n) is 6.85. The van der Waals surface area contributed by atoms with Gasteiger partial charge in [-0.15, -0.1) is 0 Å². The average Bonchev–Trinajstić information content (AvgIpc) is 2.43. The molecule has 0 bridgehead atoms. The molecule has 0 amide bonds. The van der Waals surface area contributed by atoms with Crippen molar-refractivity contribution < 1.29 is 5.11 Å². The van der Waals surface area contributed by atoms with Crippen LogP contribution in [0.3, 0.4) is 0 Å². The summed E-state index contributed by atoms with van der Waals surface area (Å²) in [6.07, 6.45) is -0.555. The van der Waals surface area contributed by atoms with Crippen molar-refractivity contribution in [1.29, 1.82) is 0 Å². The molecule has 0 aliphatic heterocycles. The van der Waals surface area contributed by atoms with Crippen LogP contribution in [0.2, 0.25) is 0 Å². The third-order valence-corrected chi connectivity index (χ3v) is 5.51. The van der Waals surface area contributed by atoms with Gasteiger partial charge in [-0.25, -0.2) is 0 Å². The van der Waals surface area contributed by atoms with E-state index in [0.717, 1.165) is 14.7 Å². The molecule has 20 heavy (non-hydrogen) atoms. The van der Waals surface area contributed by atoms with Gasteiger partial charge >= 0.3 is 0 Å². The van der Waals surface area contributed by atoms with E-state index in [4.69, 9.17) is 0 Å². The Labute approximate surface area is 135 Å². The van der Waals surface area contributed by atoms with Crippen LogP contribution in [0, 0.1) is 38.2 Å². The van der Waals surface area contributed by atoms with Crippen LogP contribution < -0.4 is 0 Å². The summed E-state index contributed by atoms with van der Waals surface area (Å²) < 4.78 is 1.10. The SMILES string of the molecule is Cc1c(C)c(C)c(C(O)c2ccccc2I)c(C)c1C. The molecule has 2 heteroatoms. The summed E-state index contributed by atoms with van der Waals surface area (Å²) in [4.78, 5) is 0. The summed E-state index contributed by atoms with van der Waals surface area (Å²) in [7, 11) is 0. The first-order valence-corrected chi connectivity index (χ1v) is 7.93. The molecule has 1 unspecified atom stereocenters. The van der Waals surface area contributed by atoms with E-state index in [1.807, 2.05) is 24.3 Å². The highest BCUT2D eigenvalue weighted by Crippen LogP contribution is 2.34. The Morgan fingerprint density at radius 3 is 1.75 bits per heavy atom. The number of hydrogen-bond donors (Lipinski definition) is 1. The van der Waals surface area contributed by atoms with Crippen LogP contribution in [0.1, 0.15) is 45.0 Å². The standard InChI is InChI=1S/C18H21IO/c1-10-11(2)13(4)17(14(5)12(10)3)18(20)15-8-6-7-9-16(15)19/h6-9,18,20H,1-5H3. The maximum atomic E-state index is 10.9. The summed E-state index contributed by atoms with van der Waals surface area (Å²) in [6.45, 7) is 10.7. The van der Waals surface area contributed by atoms with E-state index < -0.39 is 6.10 Å². The van der Waals surface area contributed by atoms with Crippen molar-refractivity contribution in [2.75, 3.05) is 0 Å². The van der Waals surface area contributed by atoms with Crippen molar-refractivity contribution in [3.8, 4) is 0 Å². The molecule has 0 spiro atoms. The second-order valence-electron chi connectivity index (χ2n) is 5.46. The highest BCUT2D eigenvalue weighted by molar-refractivity contribution is 14.1. The van der Waals surface area contributed by atoms with E-state index in [9.17, 15) is 5.11 Å². The minimum absolute atomic E-state index is 0.555. The molecule has 0 aliphatic rings. The number of hydrogen-bond acceptors (Lipinski definition) is 1. The number of aliphatic hydroxyl groups excluding tert-OH is 1. The van der Waals surface area contributed by atoms with Gasteiger partial charge in [0.05, 0.1) is 0 Å². The zero-order valence-electron chi connectivity index (χ0n) is 12.7. The molecule has 0 fully saturated rings.